The third kappa shape index (κ3) is 4.06. The van der Waals surface area contributed by atoms with Gasteiger partial charge in [0.15, 0.2) is 11.6 Å². The zero-order valence-corrected chi connectivity index (χ0v) is 25.0. The van der Waals surface area contributed by atoms with Crippen molar-refractivity contribution in [1.29, 1.82) is 0 Å². The third-order valence-electron chi connectivity index (χ3n) is 8.71. The molecule has 9 rings (SSSR count). The van der Waals surface area contributed by atoms with E-state index >= 15 is 0 Å². The van der Waals surface area contributed by atoms with Gasteiger partial charge < -0.3 is 4.57 Å². The maximum atomic E-state index is 8.23. The Labute approximate surface area is 270 Å². The van der Waals surface area contributed by atoms with E-state index in [9.17, 15) is 0 Å². The van der Waals surface area contributed by atoms with Gasteiger partial charge in [-0.2, -0.15) is 9.97 Å². The van der Waals surface area contributed by atoms with E-state index in [0.29, 0.717) is 17.6 Å². The van der Waals surface area contributed by atoms with Crippen LogP contribution in [0.5, 0.6) is 0 Å². The first-order valence-electron chi connectivity index (χ1n) is 16.8. The van der Waals surface area contributed by atoms with Crippen molar-refractivity contribution in [3.8, 4) is 34.4 Å². The predicted octanol–water partition coefficient (Wildman–Crippen LogP) is 10.0. The largest absolute Gasteiger partial charge is 0.307 e. The molecule has 0 radical (unpaired) electrons. The third-order valence-corrected chi connectivity index (χ3v) is 8.71. The van der Waals surface area contributed by atoms with Gasteiger partial charge in [0.2, 0.25) is 5.95 Å². The highest BCUT2D eigenvalue weighted by Crippen LogP contribution is 2.42. The quantitative estimate of drug-likeness (QED) is 0.204. The van der Waals surface area contributed by atoms with E-state index < -0.39 is 6.85 Å². The molecule has 0 amide bonds. The molecule has 0 unspecified atom stereocenters. The number of para-hydroxylation sites is 1. The Morgan fingerprint density at radius 2 is 0.978 bits per heavy atom. The molecule has 0 N–H and O–H groups in total. The molecule has 5 nitrogen and oxygen atoms in total. The zero-order chi connectivity index (χ0) is 33.3. The van der Waals surface area contributed by atoms with Crippen molar-refractivity contribution in [1.82, 2.24) is 24.1 Å². The van der Waals surface area contributed by atoms with Crippen LogP contribution in [0.4, 0.5) is 0 Å². The normalized spacial score (nSPS) is 12.9. The molecular weight excluding hydrogens is 562 g/mol. The van der Waals surface area contributed by atoms with Gasteiger partial charge in [0, 0.05) is 42.5 Å². The van der Waals surface area contributed by atoms with Crippen molar-refractivity contribution < 1.29 is 4.11 Å². The fourth-order valence-corrected chi connectivity index (χ4v) is 6.67. The molecule has 0 aliphatic rings. The fraction of sp³-hybridized carbons (Fsp3) is 0.0488. The van der Waals surface area contributed by atoms with Crippen LogP contribution in [-0.2, 0) is 0 Å². The summed E-state index contributed by atoms with van der Waals surface area (Å²) in [6.07, 6.45) is 0. The Bertz CT molecular complexity index is 2640. The van der Waals surface area contributed by atoms with Crippen LogP contribution in [-0.4, -0.2) is 24.1 Å². The Balaban J connectivity index is 1.49. The molecule has 3 aromatic heterocycles. The van der Waals surface area contributed by atoms with Gasteiger partial charge >= 0.3 is 0 Å². The Kier molecular flexibility index (Phi) is 5.20. The van der Waals surface area contributed by atoms with Gasteiger partial charge in [0.25, 0.3) is 0 Å². The summed E-state index contributed by atoms with van der Waals surface area (Å²) in [4.78, 5) is 15.2. The summed E-state index contributed by atoms with van der Waals surface area (Å²) in [5, 5.41) is 3.94. The monoisotopic (exact) mass is 594 g/mol. The number of hydrogen-bond donors (Lipinski definition) is 0. The maximum absolute atomic E-state index is 8.23. The number of nitrogens with zero attached hydrogens (tertiary/aromatic N) is 5. The standard InChI is InChI=1S/C41H29N5/c1-26-18-22-35-33(24-26)31-20-21-32-34-25-27(2)19-23-36(34)46(38(32)37(31)45(35)30-16-10-5-11-17-30)41-43-39(28-12-6-3-7-13-28)42-40(44-41)29-14-8-4-9-15-29/h3-25H,1-2H3/i2D3. The first kappa shape index (κ1) is 23.3. The number of fused-ring (bicyclic) bond motifs is 7. The van der Waals surface area contributed by atoms with E-state index in [1.165, 1.54) is 5.56 Å². The van der Waals surface area contributed by atoms with Crippen LogP contribution in [0, 0.1) is 13.8 Å². The van der Waals surface area contributed by atoms with E-state index in [2.05, 4.69) is 58.5 Å². The Morgan fingerprint density at radius 1 is 0.478 bits per heavy atom. The van der Waals surface area contributed by atoms with Crippen molar-refractivity contribution in [3.63, 3.8) is 0 Å². The van der Waals surface area contributed by atoms with Gasteiger partial charge in [-0.3, -0.25) is 4.57 Å². The van der Waals surface area contributed by atoms with E-state index in [0.717, 1.165) is 60.4 Å². The molecule has 6 aromatic carbocycles. The lowest BCUT2D eigenvalue weighted by atomic mass is 10.1. The number of rotatable bonds is 4. The van der Waals surface area contributed by atoms with Crippen molar-refractivity contribution in [3.05, 3.63) is 151 Å². The van der Waals surface area contributed by atoms with Crippen molar-refractivity contribution in [2.24, 2.45) is 0 Å². The molecule has 0 fully saturated rings. The Hall–Kier alpha value is -6.07. The summed E-state index contributed by atoms with van der Waals surface area (Å²) in [6.45, 7) is -0.157. The summed E-state index contributed by atoms with van der Waals surface area (Å²) in [7, 11) is 0. The topological polar surface area (TPSA) is 48.5 Å². The summed E-state index contributed by atoms with van der Waals surface area (Å²) in [6, 6.07) is 46.3. The van der Waals surface area contributed by atoms with Gasteiger partial charge in [-0.05, 0) is 50.2 Å². The summed E-state index contributed by atoms with van der Waals surface area (Å²) < 4.78 is 29.1. The second kappa shape index (κ2) is 10.2. The molecule has 9 aromatic rings. The minimum absolute atomic E-state index is 0.281. The van der Waals surface area contributed by atoms with E-state index in [1.807, 2.05) is 84.9 Å². The van der Waals surface area contributed by atoms with Crippen LogP contribution in [0.1, 0.15) is 15.2 Å². The lowest BCUT2D eigenvalue weighted by Gasteiger charge is -2.13. The summed E-state index contributed by atoms with van der Waals surface area (Å²) in [5.74, 6) is 1.54. The van der Waals surface area contributed by atoms with Gasteiger partial charge in [-0.25, -0.2) is 4.98 Å². The van der Waals surface area contributed by atoms with Gasteiger partial charge in [0.05, 0.1) is 22.1 Å². The first-order valence-corrected chi connectivity index (χ1v) is 15.3. The van der Waals surface area contributed by atoms with Crippen molar-refractivity contribution in [2.45, 2.75) is 13.8 Å². The lowest BCUT2D eigenvalue weighted by Crippen LogP contribution is -2.07. The molecule has 0 aliphatic carbocycles. The van der Waals surface area contributed by atoms with Crippen LogP contribution < -0.4 is 0 Å². The average molecular weight is 595 g/mol. The predicted molar refractivity (Wildman–Crippen MR) is 189 cm³/mol. The van der Waals surface area contributed by atoms with Crippen LogP contribution in [0.2, 0.25) is 0 Å². The zero-order valence-electron chi connectivity index (χ0n) is 28.0. The van der Waals surface area contributed by atoms with Gasteiger partial charge in [0.1, 0.15) is 0 Å². The molecule has 0 aliphatic heterocycles. The van der Waals surface area contributed by atoms with Crippen molar-refractivity contribution in [2.75, 3.05) is 0 Å². The maximum Gasteiger partial charge on any atom is 0.238 e. The van der Waals surface area contributed by atoms with Crippen LogP contribution in [0.3, 0.4) is 0 Å². The smallest absolute Gasteiger partial charge is 0.238 e. The number of benzene rings is 6. The SMILES string of the molecule is [2H]C([2H])([2H])c1ccc2c(c1)c1ccc3c4cc(C)ccc4n(-c4ccccc4)c3c1n2-c1nc(-c2ccccc2)nc(-c2ccccc2)n1. The molecular formula is C41H29N5. The highest BCUT2D eigenvalue weighted by Gasteiger charge is 2.23. The minimum Gasteiger partial charge on any atom is -0.307 e. The highest BCUT2D eigenvalue weighted by molar-refractivity contribution is 6.23. The van der Waals surface area contributed by atoms with Crippen LogP contribution in [0.25, 0.3) is 78.0 Å². The van der Waals surface area contributed by atoms with E-state index in [-0.39, 0.29) is 5.56 Å². The Morgan fingerprint density at radius 3 is 1.57 bits per heavy atom. The van der Waals surface area contributed by atoms with Crippen LogP contribution in [0.15, 0.2) is 140 Å². The second-order valence-electron chi connectivity index (χ2n) is 11.6. The van der Waals surface area contributed by atoms with E-state index in [1.54, 1.807) is 12.1 Å². The number of aromatic nitrogens is 5. The molecule has 0 atom stereocenters. The highest BCUT2D eigenvalue weighted by atomic mass is 15.2. The molecule has 0 saturated carbocycles. The molecule has 5 heteroatoms. The first-order chi connectivity index (χ1) is 23.8. The number of hydrogen-bond acceptors (Lipinski definition) is 3. The fourth-order valence-electron chi connectivity index (χ4n) is 6.67. The number of aryl methyl sites for hydroxylation is 2. The van der Waals surface area contributed by atoms with E-state index in [4.69, 9.17) is 19.1 Å². The second-order valence-corrected chi connectivity index (χ2v) is 11.6. The molecule has 0 bridgehead atoms. The summed E-state index contributed by atoms with van der Waals surface area (Å²) in [5.41, 5.74) is 7.95. The minimum atomic E-state index is -2.27. The summed E-state index contributed by atoms with van der Waals surface area (Å²) >= 11 is 0. The van der Waals surface area contributed by atoms with Crippen molar-refractivity contribution >= 4 is 43.6 Å². The molecule has 218 valence electrons. The molecule has 0 saturated heterocycles. The van der Waals surface area contributed by atoms with Crippen LogP contribution >= 0.6 is 0 Å². The molecule has 3 heterocycles. The average Bonchev–Trinajstić information content (AvgIpc) is 3.64. The molecule has 0 spiro atoms. The van der Waals surface area contributed by atoms with Gasteiger partial charge in [-0.1, -0.05) is 114 Å². The lowest BCUT2D eigenvalue weighted by molar-refractivity contribution is 0.953. The van der Waals surface area contributed by atoms with Gasteiger partial charge in [-0.15, -0.1) is 0 Å². The molecule has 46 heavy (non-hydrogen) atoms.